The first-order chi connectivity index (χ1) is 13.9. The number of urea groups is 1. The number of hydrogen-bond acceptors (Lipinski definition) is 5. The van der Waals surface area contributed by atoms with E-state index >= 15 is 0 Å². The zero-order valence-electron chi connectivity index (χ0n) is 17.0. The van der Waals surface area contributed by atoms with E-state index in [1.54, 1.807) is 6.33 Å². The number of carbonyl (C=O) groups excluding carboxylic acids is 1. The van der Waals surface area contributed by atoms with E-state index in [0.717, 1.165) is 52.2 Å². The van der Waals surface area contributed by atoms with Crippen molar-refractivity contribution in [2.24, 2.45) is 5.73 Å². The molecule has 152 valence electrons. The van der Waals surface area contributed by atoms with Gasteiger partial charge in [0.15, 0.2) is 0 Å². The van der Waals surface area contributed by atoms with Crippen molar-refractivity contribution < 1.29 is 4.79 Å². The topological polar surface area (TPSA) is 112 Å². The molecule has 2 aromatic heterocycles. The summed E-state index contributed by atoms with van der Waals surface area (Å²) in [7, 11) is 0. The molecule has 29 heavy (non-hydrogen) atoms. The number of H-pyrrole nitrogens is 1. The van der Waals surface area contributed by atoms with E-state index in [1.165, 1.54) is 0 Å². The first-order valence-corrected chi connectivity index (χ1v) is 9.80. The number of nitrogens with zero attached hydrogens (tertiary/aromatic N) is 3. The summed E-state index contributed by atoms with van der Waals surface area (Å²) in [6, 6.07) is 5.61. The van der Waals surface area contributed by atoms with Gasteiger partial charge in [0, 0.05) is 31.5 Å². The number of carbonyl (C=O) groups is 1. The molecule has 5 N–H and O–H groups in total. The predicted molar refractivity (Wildman–Crippen MR) is 115 cm³/mol. The fourth-order valence-corrected chi connectivity index (χ4v) is 3.87. The summed E-state index contributed by atoms with van der Waals surface area (Å²) < 4.78 is 0. The number of aromatic nitrogens is 3. The summed E-state index contributed by atoms with van der Waals surface area (Å²) in [4.78, 5) is 26.5. The summed E-state index contributed by atoms with van der Waals surface area (Å²) >= 11 is 0. The Balaban J connectivity index is 1.40. The van der Waals surface area contributed by atoms with Crippen LogP contribution in [0.15, 0.2) is 30.7 Å². The Morgan fingerprint density at radius 2 is 2.10 bits per heavy atom. The number of aryl methyl sites for hydroxylation is 2. The molecule has 1 aliphatic heterocycles. The van der Waals surface area contributed by atoms with Gasteiger partial charge < -0.3 is 26.3 Å². The van der Waals surface area contributed by atoms with Gasteiger partial charge in [0.25, 0.3) is 0 Å². The number of amides is 2. The van der Waals surface area contributed by atoms with E-state index in [9.17, 15) is 4.79 Å². The predicted octanol–water partition coefficient (Wildman–Crippen LogP) is 2.61. The van der Waals surface area contributed by atoms with Crippen molar-refractivity contribution in [2.75, 3.05) is 29.9 Å². The monoisotopic (exact) mass is 393 g/mol. The van der Waals surface area contributed by atoms with E-state index < -0.39 is 5.54 Å². The van der Waals surface area contributed by atoms with Crippen LogP contribution in [0.1, 0.15) is 23.1 Å². The van der Waals surface area contributed by atoms with Gasteiger partial charge in [-0.3, -0.25) is 0 Å². The van der Waals surface area contributed by atoms with Crippen LogP contribution in [0.5, 0.6) is 0 Å². The molecule has 1 aromatic carbocycles. The highest BCUT2D eigenvalue weighted by Gasteiger charge is 2.36. The first kappa shape index (κ1) is 19.2. The number of hydrogen-bond donors (Lipinski definition) is 4. The molecule has 1 aliphatic rings. The lowest BCUT2D eigenvalue weighted by atomic mass is 10.0. The van der Waals surface area contributed by atoms with Gasteiger partial charge in [-0.05, 0) is 49.9 Å². The fraction of sp³-hybridized carbons (Fsp3) is 0.381. The summed E-state index contributed by atoms with van der Waals surface area (Å²) in [5.41, 5.74) is 11.0. The highest BCUT2D eigenvalue weighted by Crippen LogP contribution is 2.30. The van der Waals surface area contributed by atoms with Crippen LogP contribution in [0, 0.1) is 20.8 Å². The smallest absolute Gasteiger partial charge is 0.319 e. The van der Waals surface area contributed by atoms with E-state index in [2.05, 4.69) is 30.5 Å². The minimum Gasteiger partial charge on any atom is -0.354 e. The zero-order valence-corrected chi connectivity index (χ0v) is 17.0. The maximum absolute atomic E-state index is 12.4. The van der Waals surface area contributed by atoms with Crippen molar-refractivity contribution in [1.29, 1.82) is 0 Å². The molecule has 8 nitrogen and oxygen atoms in total. The molecule has 3 heterocycles. The quantitative estimate of drug-likeness (QED) is 0.544. The van der Waals surface area contributed by atoms with Crippen LogP contribution in [-0.4, -0.2) is 46.2 Å². The number of anilines is 2. The average molecular weight is 393 g/mol. The van der Waals surface area contributed by atoms with Gasteiger partial charge >= 0.3 is 6.03 Å². The number of aromatic amines is 1. The summed E-state index contributed by atoms with van der Waals surface area (Å²) in [5, 5.41) is 6.88. The molecule has 4 rings (SSSR count). The highest BCUT2D eigenvalue weighted by atomic mass is 16.2. The van der Waals surface area contributed by atoms with Crippen LogP contribution in [0.4, 0.5) is 16.3 Å². The average Bonchev–Trinajstić information content (AvgIpc) is 3.28. The summed E-state index contributed by atoms with van der Waals surface area (Å²) in [5.74, 6) is 0.890. The van der Waals surface area contributed by atoms with Gasteiger partial charge in [-0.15, -0.1) is 0 Å². The number of nitrogens with one attached hydrogen (secondary N) is 3. The molecule has 1 unspecified atom stereocenters. The molecule has 1 fully saturated rings. The van der Waals surface area contributed by atoms with Crippen LogP contribution in [-0.2, 0) is 0 Å². The summed E-state index contributed by atoms with van der Waals surface area (Å²) in [6.45, 7) is 7.85. The van der Waals surface area contributed by atoms with E-state index in [4.69, 9.17) is 5.73 Å². The van der Waals surface area contributed by atoms with Gasteiger partial charge in [-0.1, -0.05) is 12.1 Å². The molecule has 0 bridgehead atoms. The minimum atomic E-state index is -0.513. The van der Waals surface area contributed by atoms with Crippen molar-refractivity contribution in [3.63, 3.8) is 0 Å². The molecule has 0 saturated carbocycles. The van der Waals surface area contributed by atoms with E-state index in [0.29, 0.717) is 13.1 Å². The number of fused-ring (bicyclic) bond motifs is 1. The Hall–Kier alpha value is -3.13. The number of rotatable bonds is 4. The molecule has 1 atom stereocenters. The van der Waals surface area contributed by atoms with Crippen LogP contribution in [0.2, 0.25) is 0 Å². The molecule has 8 heteroatoms. The highest BCUT2D eigenvalue weighted by molar-refractivity contribution is 5.91. The molecule has 3 aromatic rings. The van der Waals surface area contributed by atoms with Crippen LogP contribution in [0.3, 0.4) is 0 Å². The largest absolute Gasteiger partial charge is 0.354 e. The van der Waals surface area contributed by atoms with E-state index in [1.807, 2.05) is 45.2 Å². The van der Waals surface area contributed by atoms with Gasteiger partial charge in [0.1, 0.15) is 17.8 Å². The zero-order chi connectivity index (χ0) is 20.6. The summed E-state index contributed by atoms with van der Waals surface area (Å²) in [6.07, 6.45) is 4.28. The van der Waals surface area contributed by atoms with Gasteiger partial charge in [0.2, 0.25) is 0 Å². The molecule has 1 saturated heterocycles. The van der Waals surface area contributed by atoms with E-state index in [-0.39, 0.29) is 6.03 Å². The Labute approximate surface area is 169 Å². The molecular formula is C21H27N7O. The molecule has 0 spiro atoms. The van der Waals surface area contributed by atoms with Crippen molar-refractivity contribution >= 4 is 28.6 Å². The standard InChI is InChI=1S/C21H27N7O/c1-13-5-4-6-16(15(13)3)27-20(29)24-10-21(22)7-8-28(11-21)19-17-14(2)9-23-18(17)25-12-26-19/h4-6,9,12H,7-8,10-11,22H2,1-3H3,(H,23,25,26)(H2,24,27,29). The second kappa shape index (κ2) is 7.36. The Bertz CT molecular complexity index is 1060. The van der Waals surface area contributed by atoms with Crippen molar-refractivity contribution in [2.45, 2.75) is 32.7 Å². The minimum absolute atomic E-state index is 0.243. The van der Waals surface area contributed by atoms with Crippen LogP contribution >= 0.6 is 0 Å². The SMILES string of the molecule is Cc1cccc(NC(=O)NCC2(N)CCN(c3ncnc4[nH]cc(C)c34)C2)c1C. The van der Waals surface area contributed by atoms with Crippen molar-refractivity contribution in [3.8, 4) is 0 Å². The Kier molecular flexibility index (Phi) is 4.87. The maximum atomic E-state index is 12.4. The third kappa shape index (κ3) is 3.75. The molecule has 0 aliphatic carbocycles. The lowest BCUT2D eigenvalue weighted by Crippen LogP contribution is -2.52. The maximum Gasteiger partial charge on any atom is 0.319 e. The normalized spacial score (nSPS) is 19.0. The lowest BCUT2D eigenvalue weighted by Gasteiger charge is -2.26. The third-order valence-corrected chi connectivity index (χ3v) is 5.79. The fourth-order valence-electron chi connectivity index (χ4n) is 3.87. The van der Waals surface area contributed by atoms with Gasteiger partial charge in [0.05, 0.1) is 10.9 Å². The van der Waals surface area contributed by atoms with Crippen molar-refractivity contribution in [3.05, 3.63) is 47.4 Å². The molecular weight excluding hydrogens is 366 g/mol. The van der Waals surface area contributed by atoms with Crippen molar-refractivity contribution in [1.82, 2.24) is 20.3 Å². The third-order valence-electron chi connectivity index (χ3n) is 5.79. The molecule has 0 radical (unpaired) electrons. The molecule has 2 amide bonds. The van der Waals surface area contributed by atoms with Gasteiger partial charge in [-0.25, -0.2) is 14.8 Å². The number of benzene rings is 1. The van der Waals surface area contributed by atoms with Crippen LogP contribution in [0.25, 0.3) is 11.0 Å². The first-order valence-electron chi connectivity index (χ1n) is 9.80. The second-order valence-electron chi connectivity index (χ2n) is 7.98. The Morgan fingerprint density at radius 1 is 1.28 bits per heavy atom. The Morgan fingerprint density at radius 3 is 2.93 bits per heavy atom. The van der Waals surface area contributed by atoms with Gasteiger partial charge in [-0.2, -0.15) is 0 Å². The number of nitrogens with two attached hydrogens (primary N) is 1. The lowest BCUT2D eigenvalue weighted by molar-refractivity contribution is 0.249. The second-order valence-corrected chi connectivity index (χ2v) is 7.98. The van der Waals surface area contributed by atoms with Crippen LogP contribution < -0.4 is 21.3 Å².